The Hall–Kier alpha value is -7.84. The molecule has 62 heavy (non-hydrogen) atoms. The van der Waals surface area contributed by atoms with Crippen LogP contribution in [0.4, 0.5) is 0 Å². The van der Waals surface area contributed by atoms with Gasteiger partial charge in [0, 0.05) is 50.2 Å². The van der Waals surface area contributed by atoms with Crippen LogP contribution in [0.5, 0.6) is 0 Å². The van der Waals surface area contributed by atoms with Crippen molar-refractivity contribution in [3.05, 3.63) is 181 Å². The summed E-state index contributed by atoms with van der Waals surface area (Å²) in [7, 11) is 2.73. The Kier molecular flexibility index (Phi) is 10.1. The number of hydrogen-bond donors (Lipinski definition) is 2. The van der Waals surface area contributed by atoms with E-state index in [-0.39, 0.29) is 0 Å². The smallest absolute Gasteiger partial charge is 0.310 e. The van der Waals surface area contributed by atoms with Crippen molar-refractivity contribution in [1.29, 1.82) is 0 Å². The van der Waals surface area contributed by atoms with Gasteiger partial charge in [-0.25, -0.2) is 9.97 Å². The maximum absolute atomic E-state index is 14.0. The molecule has 10 rings (SSSR count). The van der Waals surface area contributed by atoms with Gasteiger partial charge >= 0.3 is 11.9 Å². The number of nitrogens with zero attached hydrogens (tertiary/aromatic N) is 2. The molecule has 3 aliphatic rings. The topological polar surface area (TPSA) is 110 Å². The Morgan fingerprint density at radius 3 is 1.39 bits per heavy atom. The van der Waals surface area contributed by atoms with Crippen LogP contribution in [0, 0.1) is 17.8 Å². The minimum Gasteiger partial charge on any atom is -0.469 e. The first-order chi connectivity index (χ1) is 30.5. The number of ether oxygens (including phenoxy) is 2. The molecule has 0 saturated heterocycles. The highest BCUT2D eigenvalue weighted by Crippen LogP contribution is 2.47. The van der Waals surface area contributed by atoms with Crippen molar-refractivity contribution in [2.75, 3.05) is 14.2 Å². The van der Waals surface area contributed by atoms with Gasteiger partial charge in [0.1, 0.15) is 0 Å². The minimum absolute atomic E-state index is 0.344. The van der Waals surface area contributed by atoms with Crippen LogP contribution >= 0.6 is 0 Å². The quantitative estimate of drug-likeness (QED) is 0.123. The highest BCUT2D eigenvalue weighted by molar-refractivity contribution is 6.03. The molecule has 0 saturated carbocycles. The minimum atomic E-state index is -0.866. The van der Waals surface area contributed by atoms with E-state index in [1.165, 1.54) is 14.2 Å². The number of rotatable bonds is 7. The van der Waals surface area contributed by atoms with E-state index in [2.05, 4.69) is 101 Å². The molecule has 8 bridgehead atoms. The summed E-state index contributed by atoms with van der Waals surface area (Å²) in [6, 6.07) is 49.4. The summed E-state index contributed by atoms with van der Waals surface area (Å²) >= 11 is 0. The third-order valence-corrected chi connectivity index (χ3v) is 12.0. The fraction of sp³-hybridized carbons (Fsp3) is 0.111. The van der Waals surface area contributed by atoms with Crippen LogP contribution in [-0.4, -0.2) is 46.1 Å². The lowest BCUT2D eigenvalue weighted by Crippen LogP contribution is -2.38. The van der Waals surface area contributed by atoms with Gasteiger partial charge in [-0.05, 0) is 76.7 Å². The molecular weight excluding hydrogens is 769 g/mol. The summed E-state index contributed by atoms with van der Waals surface area (Å²) in [5, 5.41) is 0. The Bertz CT molecular complexity index is 3110. The lowest BCUT2D eigenvalue weighted by atomic mass is 9.71. The van der Waals surface area contributed by atoms with Crippen LogP contribution in [-0.2, 0) is 19.1 Å². The highest BCUT2D eigenvalue weighted by atomic mass is 16.5. The normalized spacial score (nSPS) is 16.7. The van der Waals surface area contributed by atoms with E-state index in [0.29, 0.717) is 17.8 Å². The predicted octanol–water partition coefficient (Wildman–Crippen LogP) is 11.8. The van der Waals surface area contributed by atoms with Crippen LogP contribution in [0.15, 0.2) is 158 Å². The Balaban J connectivity index is 1.40. The third-order valence-electron chi connectivity index (χ3n) is 12.0. The van der Waals surface area contributed by atoms with Gasteiger partial charge in [-0.1, -0.05) is 133 Å². The maximum atomic E-state index is 14.0. The summed E-state index contributed by atoms with van der Waals surface area (Å²) in [5.74, 6) is -3.16. The largest absolute Gasteiger partial charge is 0.469 e. The number of benzene rings is 4. The van der Waals surface area contributed by atoms with E-state index in [1.807, 2.05) is 84.9 Å². The van der Waals surface area contributed by atoms with Gasteiger partial charge in [0.05, 0.1) is 48.8 Å². The van der Waals surface area contributed by atoms with Crippen LogP contribution in [0.3, 0.4) is 0 Å². The molecule has 8 nitrogen and oxygen atoms in total. The van der Waals surface area contributed by atoms with E-state index in [0.717, 1.165) is 83.5 Å². The summed E-state index contributed by atoms with van der Waals surface area (Å²) < 4.78 is 10.7. The molecule has 5 heterocycles. The zero-order valence-electron chi connectivity index (χ0n) is 34.2. The van der Waals surface area contributed by atoms with Gasteiger partial charge in [0.15, 0.2) is 0 Å². The van der Waals surface area contributed by atoms with Gasteiger partial charge < -0.3 is 19.4 Å². The lowest BCUT2D eigenvalue weighted by molar-refractivity contribution is -0.158. The van der Waals surface area contributed by atoms with Crippen molar-refractivity contribution in [2.45, 2.75) is 6.42 Å². The third kappa shape index (κ3) is 6.85. The summed E-state index contributed by atoms with van der Waals surface area (Å²) in [6.45, 7) is 0. The highest BCUT2D eigenvalue weighted by Gasteiger charge is 2.44. The number of allylic oxidation sites excluding steroid dienone is 3. The number of aromatic amines is 2. The van der Waals surface area contributed by atoms with E-state index in [1.54, 1.807) is 0 Å². The number of methoxy groups -OCH3 is 2. The molecule has 0 radical (unpaired) electrons. The van der Waals surface area contributed by atoms with E-state index >= 15 is 0 Å². The second-order valence-electron chi connectivity index (χ2n) is 15.6. The van der Waals surface area contributed by atoms with Crippen molar-refractivity contribution in [3.8, 4) is 44.5 Å². The number of carbonyl (C=O) groups is 2. The zero-order chi connectivity index (χ0) is 42.2. The summed E-state index contributed by atoms with van der Waals surface area (Å²) in [6.07, 6.45) is 10.6. The van der Waals surface area contributed by atoms with Gasteiger partial charge in [-0.15, -0.1) is 0 Å². The lowest BCUT2D eigenvalue weighted by Gasteiger charge is -2.32. The molecule has 0 unspecified atom stereocenters. The number of esters is 2. The molecule has 302 valence electrons. The first kappa shape index (κ1) is 38.4. The van der Waals surface area contributed by atoms with Gasteiger partial charge in [0.25, 0.3) is 0 Å². The fourth-order valence-corrected chi connectivity index (χ4v) is 9.22. The molecule has 0 amide bonds. The SMILES string of the molecule is COC(=O)[C@@H]1[C@@H](C2=Cc3nc2c(-c2ccccc2)c2ccc([nH]2)c(-c2ccccc2)c2nc(c(-c4ccccc4)c4ccc([nH]4)c3-c3ccccc3)C=C2)C=CC[C@H]1C(=O)OC. The summed E-state index contributed by atoms with van der Waals surface area (Å²) in [5.41, 5.74) is 14.8. The van der Waals surface area contributed by atoms with Crippen molar-refractivity contribution in [2.24, 2.45) is 17.8 Å². The second kappa shape index (κ2) is 16.3. The molecule has 8 heteroatoms. The van der Waals surface area contributed by atoms with Crippen LogP contribution in [0.2, 0.25) is 0 Å². The van der Waals surface area contributed by atoms with E-state index in [9.17, 15) is 9.59 Å². The van der Waals surface area contributed by atoms with E-state index in [4.69, 9.17) is 19.4 Å². The number of hydrogen-bond acceptors (Lipinski definition) is 6. The van der Waals surface area contributed by atoms with Gasteiger partial charge in [0.2, 0.25) is 0 Å². The molecule has 4 aromatic carbocycles. The average Bonchev–Trinajstić information content (AvgIpc) is 4.17. The molecule has 3 aromatic heterocycles. The summed E-state index contributed by atoms with van der Waals surface area (Å²) in [4.78, 5) is 46.1. The number of H-pyrrole nitrogens is 2. The molecule has 7 aromatic rings. The first-order valence-corrected chi connectivity index (χ1v) is 20.7. The Labute approximate surface area is 359 Å². The van der Waals surface area contributed by atoms with E-state index < -0.39 is 29.7 Å². The number of fused-ring (bicyclic) bond motifs is 8. The van der Waals surface area contributed by atoms with Crippen molar-refractivity contribution in [3.63, 3.8) is 0 Å². The molecule has 2 N–H and O–H groups in total. The van der Waals surface area contributed by atoms with Crippen molar-refractivity contribution >= 4 is 57.8 Å². The van der Waals surface area contributed by atoms with Crippen molar-refractivity contribution < 1.29 is 19.1 Å². The maximum Gasteiger partial charge on any atom is 0.310 e. The number of aromatic nitrogens is 4. The Morgan fingerprint density at radius 2 is 0.935 bits per heavy atom. The predicted molar refractivity (Wildman–Crippen MR) is 248 cm³/mol. The molecule has 0 spiro atoms. The fourth-order valence-electron chi connectivity index (χ4n) is 9.22. The monoisotopic (exact) mass is 810 g/mol. The number of nitrogens with one attached hydrogen (secondary N) is 2. The van der Waals surface area contributed by atoms with Crippen LogP contribution < -0.4 is 0 Å². The van der Waals surface area contributed by atoms with Gasteiger partial charge in [-0.3, -0.25) is 9.59 Å². The average molecular weight is 811 g/mol. The van der Waals surface area contributed by atoms with Gasteiger partial charge in [-0.2, -0.15) is 0 Å². The van der Waals surface area contributed by atoms with Crippen LogP contribution in [0.1, 0.15) is 29.2 Å². The Morgan fingerprint density at radius 1 is 0.516 bits per heavy atom. The second-order valence-corrected chi connectivity index (χ2v) is 15.6. The zero-order valence-corrected chi connectivity index (χ0v) is 34.2. The number of carbonyl (C=O) groups excluding carboxylic acids is 2. The molecule has 2 aliphatic heterocycles. The molecular formula is C54H42N4O4. The molecule has 0 fully saturated rings. The van der Waals surface area contributed by atoms with Crippen molar-refractivity contribution in [1.82, 2.24) is 19.9 Å². The molecule has 1 aliphatic carbocycles. The first-order valence-electron chi connectivity index (χ1n) is 20.7. The molecule has 3 atom stereocenters. The van der Waals surface area contributed by atoms with Crippen LogP contribution in [0.25, 0.3) is 90.4 Å². The standard InChI is InChI=1S/C54H42N4O4/c1-61-53(59)38-25-15-24-37(51(38)54(60)62-2)39-32-46-49(35-20-11-5-12-21-35)44-29-28-42(56-44)47(33-16-7-3-8-17-33)40-26-27-41(55-40)48(34-18-9-4-10-19-34)43-30-31-45(57-43)50(52(39)58-46)36-22-13-6-14-23-36/h3-24,26-32,37-38,51,56-57H,25H2,1-2H3/t37-,38-,51-/m1/s1.